The maximum absolute atomic E-state index is 13.0. The van der Waals surface area contributed by atoms with Gasteiger partial charge in [0.2, 0.25) is 0 Å². The average molecular weight is 437 g/mol. The molecule has 7 heteroatoms. The Morgan fingerprint density at radius 2 is 1.84 bits per heavy atom. The third-order valence-electron chi connectivity index (χ3n) is 10.1. The Morgan fingerprint density at radius 1 is 1.06 bits per heavy atom. The van der Waals surface area contributed by atoms with E-state index in [2.05, 4.69) is 6.92 Å². The van der Waals surface area contributed by atoms with Crippen molar-refractivity contribution in [3.8, 4) is 0 Å². The normalized spacial score (nSPS) is 52.7. The Labute approximate surface area is 183 Å². The molecule has 1 spiro atoms. The second-order valence-electron chi connectivity index (χ2n) is 11.1. The fraction of sp³-hybridized carbons (Fsp3) is 0.917. The lowest BCUT2D eigenvalue weighted by atomic mass is 9.42. The van der Waals surface area contributed by atoms with Gasteiger partial charge in [-0.05, 0) is 62.7 Å². The van der Waals surface area contributed by atoms with Crippen LogP contribution in [0.3, 0.4) is 0 Å². The SMILES string of the molecule is CO[C@H]1O[C@]23CC[C@@]4(O)C[C@@H](O)CC[C@]14[C@@H]2CC[C@@]1(C)[C@H](C(=O)COC(C)=O)CC[C@@H]13. The van der Waals surface area contributed by atoms with Crippen LogP contribution in [0.4, 0.5) is 0 Å². The number of hydrogen-bond donors (Lipinski definition) is 2. The number of carbonyl (C=O) groups is 2. The number of aliphatic hydroxyl groups excluding tert-OH is 1. The second kappa shape index (κ2) is 6.99. The molecule has 1 heterocycles. The first-order valence-corrected chi connectivity index (χ1v) is 11.9. The predicted octanol–water partition coefficient (Wildman–Crippen LogP) is 2.36. The van der Waals surface area contributed by atoms with E-state index in [1.54, 1.807) is 7.11 Å². The van der Waals surface area contributed by atoms with Crippen LogP contribution in [-0.4, -0.2) is 59.3 Å². The summed E-state index contributed by atoms with van der Waals surface area (Å²) in [6.07, 6.45) is 5.55. The van der Waals surface area contributed by atoms with E-state index in [4.69, 9.17) is 14.2 Å². The molecule has 1 aliphatic heterocycles. The molecule has 0 aromatic heterocycles. The molecule has 0 radical (unpaired) electrons. The van der Waals surface area contributed by atoms with Gasteiger partial charge in [-0.1, -0.05) is 6.92 Å². The van der Waals surface area contributed by atoms with Crippen LogP contribution < -0.4 is 0 Å². The molecule has 9 atom stereocenters. The first kappa shape index (κ1) is 21.8. The van der Waals surface area contributed by atoms with E-state index in [0.717, 1.165) is 32.1 Å². The van der Waals surface area contributed by atoms with Crippen molar-refractivity contribution in [2.24, 2.45) is 28.6 Å². The number of hydrogen-bond acceptors (Lipinski definition) is 7. The van der Waals surface area contributed by atoms with Gasteiger partial charge in [0.05, 0.1) is 22.7 Å². The molecule has 174 valence electrons. The van der Waals surface area contributed by atoms with Crippen LogP contribution in [0.15, 0.2) is 0 Å². The van der Waals surface area contributed by atoms with Crippen LogP contribution in [-0.2, 0) is 23.8 Å². The monoisotopic (exact) mass is 436 g/mol. The fourth-order valence-corrected chi connectivity index (χ4v) is 9.02. The first-order valence-electron chi connectivity index (χ1n) is 11.9. The molecule has 5 fully saturated rings. The van der Waals surface area contributed by atoms with E-state index in [9.17, 15) is 19.8 Å². The number of ether oxygens (including phenoxy) is 3. The maximum Gasteiger partial charge on any atom is 0.303 e. The zero-order valence-electron chi connectivity index (χ0n) is 18.9. The topological polar surface area (TPSA) is 102 Å². The summed E-state index contributed by atoms with van der Waals surface area (Å²) in [4.78, 5) is 24.2. The zero-order valence-corrected chi connectivity index (χ0v) is 18.9. The Balaban J connectivity index is 1.50. The molecule has 4 saturated carbocycles. The van der Waals surface area contributed by atoms with Gasteiger partial charge < -0.3 is 24.4 Å². The van der Waals surface area contributed by atoms with Crippen LogP contribution in [0.2, 0.25) is 0 Å². The minimum absolute atomic E-state index is 0.0131. The van der Waals surface area contributed by atoms with Crippen LogP contribution in [0.25, 0.3) is 0 Å². The third-order valence-corrected chi connectivity index (χ3v) is 10.1. The summed E-state index contributed by atoms with van der Waals surface area (Å²) < 4.78 is 17.8. The van der Waals surface area contributed by atoms with Gasteiger partial charge in [0, 0.05) is 32.3 Å². The molecule has 1 saturated heterocycles. The molecule has 5 aliphatic rings. The highest BCUT2D eigenvalue weighted by atomic mass is 16.7. The zero-order chi connectivity index (χ0) is 22.2. The van der Waals surface area contributed by atoms with Crippen molar-refractivity contribution in [2.75, 3.05) is 13.7 Å². The van der Waals surface area contributed by atoms with Crippen molar-refractivity contribution < 1.29 is 34.0 Å². The van der Waals surface area contributed by atoms with Crippen molar-refractivity contribution >= 4 is 11.8 Å². The molecule has 31 heavy (non-hydrogen) atoms. The summed E-state index contributed by atoms with van der Waals surface area (Å²) >= 11 is 0. The molecular formula is C24H36O7. The van der Waals surface area contributed by atoms with Gasteiger partial charge >= 0.3 is 5.97 Å². The maximum atomic E-state index is 13.0. The number of Topliss-reactive ketones (excluding diaryl/α,β-unsaturated/α-hetero) is 1. The van der Waals surface area contributed by atoms with Crippen LogP contribution in [0, 0.1) is 28.6 Å². The highest BCUT2D eigenvalue weighted by Crippen LogP contribution is 2.75. The fourth-order valence-electron chi connectivity index (χ4n) is 9.02. The first-order chi connectivity index (χ1) is 14.6. The number of ketones is 1. The lowest BCUT2D eigenvalue weighted by Gasteiger charge is -2.63. The Morgan fingerprint density at radius 3 is 2.55 bits per heavy atom. The van der Waals surface area contributed by atoms with Crippen molar-refractivity contribution in [1.29, 1.82) is 0 Å². The van der Waals surface area contributed by atoms with E-state index in [1.165, 1.54) is 6.92 Å². The minimum atomic E-state index is -0.979. The van der Waals surface area contributed by atoms with Crippen molar-refractivity contribution in [1.82, 2.24) is 0 Å². The van der Waals surface area contributed by atoms with Gasteiger partial charge in [-0.25, -0.2) is 0 Å². The second-order valence-corrected chi connectivity index (χ2v) is 11.1. The van der Waals surface area contributed by atoms with Gasteiger partial charge in [-0.2, -0.15) is 0 Å². The van der Waals surface area contributed by atoms with Crippen LogP contribution >= 0.6 is 0 Å². The van der Waals surface area contributed by atoms with Crippen molar-refractivity contribution in [2.45, 2.75) is 95.2 Å². The van der Waals surface area contributed by atoms with E-state index in [1.807, 2.05) is 0 Å². The molecule has 5 rings (SSSR count). The quantitative estimate of drug-likeness (QED) is 0.652. The summed E-state index contributed by atoms with van der Waals surface area (Å²) in [6.45, 7) is 3.40. The van der Waals surface area contributed by atoms with Gasteiger partial charge in [0.1, 0.15) is 6.61 Å². The predicted molar refractivity (Wildman–Crippen MR) is 110 cm³/mol. The lowest BCUT2D eigenvalue weighted by Crippen LogP contribution is -2.67. The largest absolute Gasteiger partial charge is 0.458 e. The minimum Gasteiger partial charge on any atom is -0.458 e. The van der Waals surface area contributed by atoms with Gasteiger partial charge in [0.25, 0.3) is 0 Å². The van der Waals surface area contributed by atoms with Crippen LogP contribution in [0.5, 0.6) is 0 Å². The lowest BCUT2D eigenvalue weighted by molar-refractivity contribution is -0.239. The molecule has 4 aliphatic carbocycles. The number of rotatable bonds is 4. The molecule has 0 aromatic carbocycles. The number of carbonyl (C=O) groups excluding carboxylic acids is 2. The number of aliphatic hydroxyl groups is 2. The smallest absolute Gasteiger partial charge is 0.303 e. The Hall–Kier alpha value is -1.02. The standard InChI is InChI=1S/C24H36O7/c1-14(25)30-13-17(27)16-4-5-18-21(16,2)8-7-19-23-9-6-15(26)12-22(23,28)10-11-24(18,19)31-20(23)29-3/h15-16,18-20,26,28H,4-13H2,1-3H3/t15-,16-,18-,19-,20-,21-,22+,23-,24-/m0/s1. The molecule has 7 nitrogen and oxygen atoms in total. The van der Waals surface area contributed by atoms with E-state index in [0.29, 0.717) is 25.7 Å². The molecule has 0 amide bonds. The Kier molecular flexibility index (Phi) is 4.92. The van der Waals surface area contributed by atoms with E-state index >= 15 is 0 Å². The molecular weight excluding hydrogens is 400 g/mol. The summed E-state index contributed by atoms with van der Waals surface area (Å²) in [7, 11) is 1.66. The summed E-state index contributed by atoms with van der Waals surface area (Å²) in [5.74, 6) is -0.179. The summed E-state index contributed by atoms with van der Waals surface area (Å²) in [5.41, 5.74) is -2.09. The molecule has 0 aromatic rings. The summed E-state index contributed by atoms with van der Waals surface area (Å²) in [5, 5.41) is 22.2. The highest BCUT2D eigenvalue weighted by molar-refractivity contribution is 5.85. The summed E-state index contributed by atoms with van der Waals surface area (Å²) in [6, 6.07) is 0. The van der Waals surface area contributed by atoms with E-state index in [-0.39, 0.29) is 35.6 Å². The Bertz CT molecular complexity index is 784. The molecule has 0 unspecified atom stereocenters. The average Bonchev–Trinajstić information content (AvgIpc) is 3.18. The number of fused-ring (bicyclic) bond motifs is 1. The van der Waals surface area contributed by atoms with Crippen molar-refractivity contribution in [3.05, 3.63) is 0 Å². The number of esters is 1. The molecule has 2 N–H and O–H groups in total. The van der Waals surface area contributed by atoms with Gasteiger partial charge in [-0.15, -0.1) is 0 Å². The number of methoxy groups -OCH3 is 1. The van der Waals surface area contributed by atoms with Gasteiger partial charge in [-0.3, -0.25) is 9.59 Å². The van der Waals surface area contributed by atoms with Crippen LogP contribution in [0.1, 0.15) is 71.6 Å². The third kappa shape index (κ3) is 2.66. The van der Waals surface area contributed by atoms with Crippen molar-refractivity contribution in [3.63, 3.8) is 0 Å². The van der Waals surface area contributed by atoms with Gasteiger partial charge in [0.15, 0.2) is 12.1 Å². The highest BCUT2D eigenvalue weighted by Gasteiger charge is 2.79. The van der Waals surface area contributed by atoms with E-state index < -0.39 is 35.0 Å². The molecule has 2 bridgehead atoms.